The molecule has 1 aromatic carbocycles. The van der Waals surface area contributed by atoms with Gasteiger partial charge in [-0.3, -0.25) is 19.3 Å². The van der Waals surface area contributed by atoms with Crippen LogP contribution in [0.1, 0.15) is 42.5 Å². The third-order valence-corrected chi connectivity index (χ3v) is 7.34. The maximum absolute atomic E-state index is 13.1. The molecule has 0 atom stereocenters. The summed E-state index contributed by atoms with van der Waals surface area (Å²) in [6.07, 6.45) is 4.16. The Morgan fingerprint density at radius 1 is 0.941 bits per heavy atom. The number of imide groups is 1. The number of methoxy groups -OCH3 is 2. The summed E-state index contributed by atoms with van der Waals surface area (Å²) in [4.78, 5) is 57.9. The Morgan fingerprint density at radius 3 is 2.21 bits per heavy atom. The van der Waals surface area contributed by atoms with Crippen molar-refractivity contribution in [2.45, 2.75) is 37.6 Å². The molecule has 10 nitrogen and oxygen atoms in total. The maximum Gasteiger partial charge on any atom is 0.327 e. The van der Waals surface area contributed by atoms with Gasteiger partial charge in [-0.15, -0.1) is 0 Å². The predicted molar refractivity (Wildman–Crippen MR) is 123 cm³/mol. The van der Waals surface area contributed by atoms with E-state index in [9.17, 15) is 19.2 Å². The van der Waals surface area contributed by atoms with Crippen molar-refractivity contribution in [2.24, 2.45) is 0 Å². The van der Waals surface area contributed by atoms with Gasteiger partial charge in [-0.25, -0.2) is 4.79 Å². The largest absolute Gasteiger partial charge is 0.497 e. The first kappa shape index (κ1) is 23.8. The van der Waals surface area contributed by atoms with E-state index in [2.05, 4.69) is 0 Å². The monoisotopic (exact) mass is 472 g/mol. The van der Waals surface area contributed by atoms with Crippen LogP contribution in [0.3, 0.4) is 0 Å². The Labute approximate surface area is 199 Å². The highest BCUT2D eigenvalue weighted by atomic mass is 16.5. The number of hydrogen-bond acceptors (Lipinski definition) is 6. The van der Waals surface area contributed by atoms with Crippen molar-refractivity contribution in [3.63, 3.8) is 0 Å². The fourth-order valence-electron chi connectivity index (χ4n) is 5.21. The number of rotatable bonds is 5. The summed E-state index contributed by atoms with van der Waals surface area (Å²) >= 11 is 0. The normalized spacial score (nSPS) is 20.2. The van der Waals surface area contributed by atoms with Gasteiger partial charge < -0.3 is 24.2 Å². The molecule has 0 bridgehead atoms. The lowest BCUT2D eigenvalue weighted by atomic mass is 9.81. The number of urea groups is 1. The summed E-state index contributed by atoms with van der Waals surface area (Å²) in [7, 11) is 4.70. The molecule has 1 aliphatic carbocycles. The zero-order valence-electron chi connectivity index (χ0n) is 20.0. The number of ether oxygens (including phenoxy) is 2. The van der Waals surface area contributed by atoms with Gasteiger partial charge in [0.25, 0.3) is 11.8 Å². The summed E-state index contributed by atoms with van der Waals surface area (Å²) in [6, 6.07) is 4.63. The second kappa shape index (κ2) is 9.52. The molecule has 2 aliphatic heterocycles. The highest BCUT2D eigenvalue weighted by molar-refractivity contribution is 6.09. The Balaban J connectivity index is 1.36. The maximum atomic E-state index is 13.1. The summed E-state index contributed by atoms with van der Waals surface area (Å²) in [6.45, 7) is 1.11. The van der Waals surface area contributed by atoms with Gasteiger partial charge in [0, 0.05) is 39.3 Å². The highest BCUT2D eigenvalue weighted by Crippen LogP contribution is 2.39. The molecule has 3 fully saturated rings. The fourth-order valence-corrected chi connectivity index (χ4v) is 5.21. The lowest BCUT2D eigenvalue weighted by Crippen LogP contribution is -2.53. The SMILES string of the molecule is COc1ccc(C(=O)N2CCN(C(=O)CN3C(=O)N(C)C4(CCCCC4)C3=O)CC2)c(OC)c1. The molecule has 5 amide bonds. The Morgan fingerprint density at radius 2 is 1.59 bits per heavy atom. The van der Waals surface area contributed by atoms with Crippen molar-refractivity contribution in [3.05, 3.63) is 23.8 Å². The lowest BCUT2D eigenvalue weighted by molar-refractivity contribution is -0.141. The second-order valence-electron chi connectivity index (χ2n) is 9.06. The standard InChI is InChI=1S/C24H32N4O6/c1-25-23(32)28(22(31)24(25)9-5-4-6-10-24)16-20(29)26-11-13-27(14-12-26)21(30)18-8-7-17(33-2)15-19(18)34-3/h7-8,15H,4-6,9-14,16H2,1-3H3. The van der Waals surface area contributed by atoms with Crippen LogP contribution in [-0.4, -0.2) is 103 Å². The first-order chi connectivity index (χ1) is 16.3. The van der Waals surface area contributed by atoms with Crippen LogP contribution in [0.2, 0.25) is 0 Å². The van der Waals surface area contributed by atoms with E-state index in [1.54, 1.807) is 42.2 Å². The van der Waals surface area contributed by atoms with Crippen LogP contribution in [0.25, 0.3) is 0 Å². The molecular formula is C24H32N4O6. The minimum absolute atomic E-state index is 0.183. The van der Waals surface area contributed by atoms with Crippen LogP contribution in [0.4, 0.5) is 4.79 Å². The average Bonchev–Trinajstić information content (AvgIpc) is 3.04. The molecule has 184 valence electrons. The molecule has 0 aromatic heterocycles. The van der Waals surface area contributed by atoms with Gasteiger partial charge in [0.2, 0.25) is 5.91 Å². The highest BCUT2D eigenvalue weighted by Gasteiger charge is 2.56. The number of benzene rings is 1. The molecular weight excluding hydrogens is 440 g/mol. The van der Waals surface area contributed by atoms with Gasteiger partial charge in [0.1, 0.15) is 23.6 Å². The molecule has 1 spiro atoms. The van der Waals surface area contributed by atoms with Gasteiger partial charge in [0.15, 0.2) is 0 Å². The van der Waals surface area contributed by atoms with E-state index < -0.39 is 11.6 Å². The number of amides is 5. The summed E-state index contributed by atoms with van der Waals surface area (Å²) < 4.78 is 10.5. The van der Waals surface area contributed by atoms with Crippen molar-refractivity contribution >= 4 is 23.8 Å². The number of carbonyl (C=O) groups excluding carboxylic acids is 4. The molecule has 34 heavy (non-hydrogen) atoms. The van der Waals surface area contributed by atoms with Crippen LogP contribution >= 0.6 is 0 Å². The molecule has 4 rings (SSSR count). The van der Waals surface area contributed by atoms with Crippen molar-refractivity contribution in [1.29, 1.82) is 0 Å². The molecule has 0 unspecified atom stereocenters. The van der Waals surface area contributed by atoms with Crippen molar-refractivity contribution < 1.29 is 28.7 Å². The fraction of sp³-hybridized carbons (Fsp3) is 0.583. The Hall–Kier alpha value is -3.30. The molecule has 1 aromatic rings. The Kier molecular flexibility index (Phi) is 6.67. The zero-order chi connectivity index (χ0) is 24.5. The number of hydrogen-bond donors (Lipinski definition) is 0. The van der Waals surface area contributed by atoms with Gasteiger partial charge in [0.05, 0.1) is 19.8 Å². The van der Waals surface area contributed by atoms with Crippen LogP contribution < -0.4 is 9.47 Å². The first-order valence-electron chi connectivity index (χ1n) is 11.7. The van der Waals surface area contributed by atoms with E-state index in [1.807, 2.05) is 0 Å². The molecule has 2 heterocycles. The Bertz CT molecular complexity index is 982. The van der Waals surface area contributed by atoms with Crippen molar-refractivity contribution in [1.82, 2.24) is 19.6 Å². The first-order valence-corrected chi connectivity index (χ1v) is 11.7. The molecule has 3 aliphatic rings. The van der Waals surface area contributed by atoms with Crippen molar-refractivity contribution in [3.8, 4) is 11.5 Å². The smallest absolute Gasteiger partial charge is 0.327 e. The number of nitrogens with zero attached hydrogens (tertiary/aromatic N) is 4. The minimum Gasteiger partial charge on any atom is -0.497 e. The van der Waals surface area contributed by atoms with E-state index in [0.717, 1.165) is 24.2 Å². The van der Waals surface area contributed by atoms with Crippen LogP contribution in [0.5, 0.6) is 11.5 Å². The van der Waals surface area contributed by atoms with Crippen LogP contribution in [0, 0.1) is 0 Å². The third-order valence-electron chi connectivity index (χ3n) is 7.34. The van der Waals surface area contributed by atoms with E-state index >= 15 is 0 Å². The van der Waals surface area contributed by atoms with E-state index in [1.165, 1.54) is 12.0 Å². The van der Waals surface area contributed by atoms with Gasteiger partial charge in [-0.1, -0.05) is 19.3 Å². The average molecular weight is 473 g/mol. The zero-order valence-corrected chi connectivity index (χ0v) is 20.0. The van der Waals surface area contributed by atoms with Gasteiger partial charge in [-0.2, -0.15) is 0 Å². The van der Waals surface area contributed by atoms with E-state index in [0.29, 0.717) is 56.1 Å². The van der Waals surface area contributed by atoms with E-state index in [-0.39, 0.29) is 24.3 Å². The number of likely N-dealkylation sites (N-methyl/N-ethyl adjacent to an activating group) is 1. The number of carbonyl (C=O) groups is 4. The molecule has 1 saturated carbocycles. The summed E-state index contributed by atoms with van der Waals surface area (Å²) in [5, 5.41) is 0. The number of piperazine rings is 1. The van der Waals surface area contributed by atoms with E-state index in [4.69, 9.17) is 9.47 Å². The quantitative estimate of drug-likeness (QED) is 0.604. The second-order valence-corrected chi connectivity index (χ2v) is 9.06. The van der Waals surface area contributed by atoms with Crippen LogP contribution in [-0.2, 0) is 9.59 Å². The molecule has 2 saturated heterocycles. The van der Waals surface area contributed by atoms with Gasteiger partial charge >= 0.3 is 6.03 Å². The predicted octanol–water partition coefficient (Wildman–Crippen LogP) is 1.59. The summed E-state index contributed by atoms with van der Waals surface area (Å²) in [5.41, 5.74) is -0.366. The minimum atomic E-state index is -0.794. The topological polar surface area (TPSA) is 99.7 Å². The summed E-state index contributed by atoms with van der Waals surface area (Å²) in [5.74, 6) is 0.299. The van der Waals surface area contributed by atoms with Gasteiger partial charge in [-0.05, 0) is 25.0 Å². The third kappa shape index (κ3) is 4.05. The molecule has 0 N–H and O–H groups in total. The van der Waals surface area contributed by atoms with Crippen LogP contribution in [0.15, 0.2) is 18.2 Å². The van der Waals surface area contributed by atoms with Crippen molar-refractivity contribution in [2.75, 3.05) is 54.0 Å². The molecule has 10 heteroatoms. The lowest BCUT2D eigenvalue weighted by Gasteiger charge is -2.36. The molecule has 0 radical (unpaired) electrons.